The summed E-state index contributed by atoms with van der Waals surface area (Å²) >= 11 is 3.82. The van der Waals surface area contributed by atoms with Gasteiger partial charge >= 0.3 is 0 Å². The van der Waals surface area contributed by atoms with E-state index in [1.165, 1.54) is 0 Å². The summed E-state index contributed by atoms with van der Waals surface area (Å²) in [4.78, 5) is 12.2. The Kier molecular flexibility index (Phi) is 2.27. The van der Waals surface area contributed by atoms with Gasteiger partial charge in [0, 0.05) is 8.47 Å². The first-order chi connectivity index (χ1) is 5.75. The second-order valence-electron chi connectivity index (χ2n) is 2.48. The number of hydrogen-bond donors (Lipinski definition) is 1. The lowest BCUT2D eigenvalue weighted by Crippen LogP contribution is -2.18. The summed E-state index contributed by atoms with van der Waals surface area (Å²) in [6, 6.07) is 6.07. The number of carbonyl (C=O) groups excluding carboxylic acids is 1. The van der Waals surface area contributed by atoms with E-state index in [2.05, 4.69) is 27.9 Å². The lowest BCUT2D eigenvalue weighted by Gasteiger charge is -2.15. The molecule has 12 heavy (non-hydrogen) atoms. The highest BCUT2D eigenvalue weighted by Gasteiger charge is 2.14. The highest BCUT2D eigenvalue weighted by atomic mass is 127. The molecule has 1 aromatic carbocycles. The van der Waals surface area contributed by atoms with Crippen molar-refractivity contribution in [2.75, 3.05) is 11.1 Å². The maximum atomic E-state index is 11.0. The monoisotopic (exact) mass is 291 g/mol. The summed E-state index contributed by atoms with van der Waals surface area (Å²) in [6.45, 7) is 0. The summed E-state index contributed by atoms with van der Waals surface area (Å²) in [7, 11) is 0. The standard InChI is InChI=1S/C8H6INOS/c9-5-1-2-7-6(3-5)10-8(11)4-12-7/h1-3H,4H2,(H,10,11). The number of amides is 1. The van der Waals surface area contributed by atoms with Gasteiger partial charge in [-0.1, -0.05) is 0 Å². The van der Waals surface area contributed by atoms with Crippen molar-refractivity contribution in [1.82, 2.24) is 0 Å². The van der Waals surface area contributed by atoms with Gasteiger partial charge in [-0.2, -0.15) is 0 Å². The molecule has 2 nitrogen and oxygen atoms in total. The predicted molar refractivity (Wildman–Crippen MR) is 58.5 cm³/mol. The van der Waals surface area contributed by atoms with Crippen molar-refractivity contribution in [3.05, 3.63) is 21.8 Å². The molecule has 0 aromatic heterocycles. The third-order valence-electron chi connectivity index (χ3n) is 1.57. The minimum Gasteiger partial charge on any atom is -0.324 e. The molecule has 0 spiro atoms. The molecule has 1 aromatic rings. The van der Waals surface area contributed by atoms with Crippen LogP contribution in [0.1, 0.15) is 0 Å². The van der Waals surface area contributed by atoms with Gasteiger partial charge in [-0.25, -0.2) is 0 Å². The number of hydrogen-bond acceptors (Lipinski definition) is 2. The lowest BCUT2D eigenvalue weighted by molar-refractivity contribution is -0.113. The molecule has 1 N–H and O–H groups in total. The van der Waals surface area contributed by atoms with Crippen molar-refractivity contribution in [1.29, 1.82) is 0 Å². The SMILES string of the molecule is O=C1CSc2ccc(I)cc2N1. The number of benzene rings is 1. The molecule has 0 bridgehead atoms. The Bertz CT molecular complexity index is 340. The summed E-state index contributed by atoms with van der Waals surface area (Å²) < 4.78 is 1.15. The Balaban J connectivity index is 2.44. The molecule has 62 valence electrons. The van der Waals surface area contributed by atoms with Gasteiger partial charge in [-0.05, 0) is 40.8 Å². The zero-order chi connectivity index (χ0) is 8.55. The minimum atomic E-state index is 0.0921. The number of halogens is 1. The molecule has 0 saturated carbocycles. The third-order valence-corrected chi connectivity index (χ3v) is 3.32. The third kappa shape index (κ3) is 1.59. The zero-order valence-corrected chi connectivity index (χ0v) is 9.11. The molecule has 0 radical (unpaired) electrons. The average molecular weight is 291 g/mol. The Morgan fingerprint density at radius 1 is 1.50 bits per heavy atom. The van der Waals surface area contributed by atoms with E-state index in [4.69, 9.17) is 0 Å². The van der Waals surface area contributed by atoms with Gasteiger partial charge < -0.3 is 5.32 Å². The normalized spacial score (nSPS) is 15.2. The summed E-state index contributed by atoms with van der Waals surface area (Å²) in [5, 5.41) is 2.84. The van der Waals surface area contributed by atoms with Gasteiger partial charge in [0.25, 0.3) is 0 Å². The fourth-order valence-corrected chi connectivity index (χ4v) is 2.34. The van der Waals surface area contributed by atoms with Gasteiger partial charge in [-0.15, -0.1) is 11.8 Å². The number of fused-ring (bicyclic) bond motifs is 1. The molecule has 1 aliphatic heterocycles. The van der Waals surface area contributed by atoms with Crippen molar-refractivity contribution in [2.45, 2.75) is 4.90 Å². The molecule has 0 aliphatic carbocycles. The Labute approximate surface area is 88.3 Å². The molecule has 2 rings (SSSR count). The predicted octanol–water partition coefficient (Wildman–Crippen LogP) is 2.34. The van der Waals surface area contributed by atoms with Crippen LogP contribution in [0, 0.1) is 3.57 Å². The smallest absolute Gasteiger partial charge is 0.234 e. The van der Waals surface area contributed by atoms with Crippen molar-refractivity contribution in [2.24, 2.45) is 0 Å². The van der Waals surface area contributed by atoms with Crippen LogP contribution in [0.4, 0.5) is 5.69 Å². The van der Waals surface area contributed by atoms with Crippen LogP contribution in [0.3, 0.4) is 0 Å². The van der Waals surface area contributed by atoms with Gasteiger partial charge in [0.05, 0.1) is 11.4 Å². The highest BCUT2D eigenvalue weighted by Crippen LogP contribution is 2.32. The van der Waals surface area contributed by atoms with Crippen LogP contribution < -0.4 is 5.32 Å². The van der Waals surface area contributed by atoms with Crippen LogP contribution in [-0.2, 0) is 4.79 Å². The number of rotatable bonds is 0. The number of thioether (sulfide) groups is 1. The quantitative estimate of drug-likeness (QED) is 0.743. The van der Waals surface area contributed by atoms with Crippen molar-refractivity contribution >= 4 is 45.9 Å². The van der Waals surface area contributed by atoms with Gasteiger partial charge in [0.1, 0.15) is 0 Å². The largest absolute Gasteiger partial charge is 0.324 e. The van der Waals surface area contributed by atoms with Crippen LogP contribution in [-0.4, -0.2) is 11.7 Å². The Hall–Kier alpha value is -0.230. The average Bonchev–Trinajstić information content (AvgIpc) is 2.03. The second kappa shape index (κ2) is 3.26. The van der Waals surface area contributed by atoms with E-state index in [0.29, 0.717) is 5.75 Å². The number of carbonyl (C=O) groups is 1. The first-order valence-electron chi connectivity index (χ1n) is 3.48. The number of anilines is 1. The summed E-state index contributed by atoms with van der Waals surface area (Å²) in [6.07, 6.45) is 0. The molecule has 0 atom stereocenters. The zero-order valence-electron chi connectivity index (χ0n) is 6.13. The first kappa shape index (κ1) is 8.37. The topological polar surface area (TPSA) is 29.1 Å². The van der Waals surface area contributed by atoms with Gasteiger partial charge in [-0.3, -0.25) is 4.79 Å². The van der Waals surface area contributed by atoms with E-state index in [9.17, 15) is 4.79 Å². The lowest BCUT2D eigenvalue weighted by atomic mass is 10.3. The highest BCUT2D eigenvalue weighted by molar-refractivity contribution is 14.1. The minimum absolute atomic E-state index is 0.0921. The van der Waals surface area contributed by atoms with Crippen molar-refractivity contribution < 1.29 is 4.79 Å². The summed E-state index contributed by atoms with van der Waals surface area (Å²) in [5.41, 5.74) is 0.947. The molecule has 0 fully saturated rings. The number of nitrogens with one attached hydrogen (secondary N) is 1. The van der Waals surface area contributed by atoms with Crippen LogP contribution in [0.15, 0.2) is 23.1 Å². The van der Waals surface area contributed by atoms with E-state index in [0.717, 1.165) is 14.2 Å². The molecule has 1 aliphatic rings. The molecule has 1 heterocycles. The molecular weight excluding hydrogens is 285 g/mol. The van der Waals surface area contributed by atoms with E-state index in [1.807, 2.05) is 18.2 Å². The maximum absolute atomic E-state index is 11.0. The molecule has 4 heteroatoms. The molecule has 1 amide bonds. The maximum Gasteiger partial charge on any atom is 0.234 e. The van der Waals surface area contributed by atoms with E-state index in [-0.39, 0.29) is 5.91 Å². The summed E-state index contributed by atoms with van der Waals surface area (Å²) in [5.74, 6) is 0.627. The second-order valence-corrected chi connectivity index (χ2v) is 4.74. The van der Waals surface area contributed by atoms with E-state index in [1.54, 1.807) is 11.8 Å². The van der Waals surface area contributed by atoms with Crippen molar-refractivity contribution in [3.8, 4) is 0 Å². The Morgan fingerprint density at radius 3 is 3.17 bits per heavy atom. The molecule has 0 saturated heterocycles. The van der Waals surface area contributed by atoms with Crippen molar-refractivity contribution in [3.63, 3.8) is 0 Å². The fourth-order valence-electron chi connectivity index (χ4n) is 1.06. The molecular formula is C8H6INOS. The molecule has 0 unspecified atom stereocenters. The first-order valence-corrected chi connectivity index (χ1v) is 5.54. The Morgan fingerprint density at radius 2 is 2.33 bits per heavy atom. The van der Waals surface area contributed by atoms with Gasteiger partial charge in [0.15, 0.2) is 0 Å². The van der Waals surface area contributed by atoms with Crippen LogP contribution in [0.2, 0.25) is 0 Å². The van der Waals surface area contributed by atoms with Gasteiger partial charge in [0.2, 0.25) is 5.91 Å². The van der Waals surface area contributed by atoms with Crippen LogP contribution in [0.25, 0.3) is 0 Å². The van der Waals surface area contributed by atoms with E-state index < -0.39 is 0 Å². The fraction of sp³-hybridized carbons (Fsp3) is 0.125. The van der Waals surface area contributed by atoms with E-state index >= 15 is 0 Å². The van der Waals surface area contributed by atoms with Crippen LogP contribution >= 0.6 is 34.4 Å². The van der Waals surface area contributed by atoms with Crippen LogP contribution in [0.5, 0.6) is 0 Å².